The van der Waals surface area contributed by atoms with Crippen LogP contribution in [0.25, 0.3) is 10.2 Å². The number of fused-ring (bicyclic) bond motifs is 2. The highest BCUT2D eigenvalue weighted by Crippen LogP contribution is 2.41. The zero-order chi connectivity index (χ0) is 24.8. The van der Waals surface area contributed by atoms with E-state index in [2.05, 4.69) is 27.8 Å². The zero-order valence-electron chi connectivity index (χ0n) is 19.4. The Kier molecular flexibility index (Phi) is 5.67. The molecule has 3 heterocycles. The van der Waals surface area contributed by atoms with Crippen LogP contribution in [0.15, 0.2) is 41.9 Å². The van der Waals surface area contributed by atoms with E-state index in [4.69, 9.17) is 4.74 Å². The van der Waals surface area contributed by atoms with Crippen molar-refractivity contribution in [3.8, 4) is 0 Å². The lowest BCUT2D eigenvalue weighted by molar-refractivity contribution is -0.136. The Morgan fingerprint density at radius 3 is 2.89 bits per heavy atom. The van der Waals surface area contributed by atoms with Gasteiger partial charge in [0.25, 0.3) is 5.91 Å². The molecule has 0 spiro atoms. The van der Waals surface area contributed by atoms with Gasteiger partial charge in [0.05, 0.1) is 15.7 Å². The number of ether oxygens (including phenoxy) is 1. The van der Waals surface area contributed by atoms with Gasteiger partial charge in [0, 0.05) is 25.1 Å². The van der Waals surface area contributed by atoms with E-state index < -0.39 is 18.0 Å². The second kappa shape index (κ2) is 9.02. The number of carbonyl (C=O) groups excluding carboxylic acids is 4. The summed E-state index contributed by atoms with van der Waals surface area (Å²) in [6, 6.07) is 11.0. The smallest absolute Gasteiger partial charge is 0.407 e. The number of benzene rings is 2. The molecule has 2 N–H and O–H groups in total. The van der Waals surface area contributed by atoms with Crippen LogP contribution in [0.3, 0.4) is 0 Å². The molecule has 3 aromatic rings. The molecule has 1 atom stereocenters. The molecule has 4 amide bonds. The lowest BCUT2D eigenvalue weighted by atomic mass is 9.77. The third-order valence-electron chi connectivity index (χ3n) is 7.23. The molecule has 0 unspecified atom stereocenters. The van der Waals surface area contributed by atoms with Crippen LogP contribution in [0.2, 0.25) is 0 Å². The van der Waals surface area contributed by atoms with Crippen LogP contribution >= 0.6 is 11.3 Å². The Hall–Kier alpha value is -3.79. The molecule has 1 aliphatic carbocycles. The van der Waals surface area contributed by atoms with E-state index in [0.29, 0.717) is 24.4 Å². The fourth-order valence-corrected chi connectivity index (χ4v) is 5.94. The number of alkyl carbamates (subject to hydrolysis) is 1. The van der Waals surface area contributed by atoms with Crippen molar-refractivity contribution in [2.24, 2.45) is 0 Å². The summed E-state index contributed by atoms with van der Waals surface area (Å²) < 4.78 is 6.74. The summed E-state index contributed by atoms with van der Waals surface area (Å²) in [6.07, 6.45) is 1.47. The molecule has 0 radical (unpaired) electrons. The van der Waals surface area contributed by atoms with Crippen LogP contribution in [0.1, 0.15) is 58.6 Å². The average molecular weight is 505 g/mol. The third-order valence-corrected chi connectivity index (χ3v) is 8.02. The maximum atomic E-state index is 13.0. The van der Waals surface area contributed by atoms with E-state index in [1.165, 1.54) is 15.2 Å². The highest BCUT2D eigenvalue weighted by atomic mass is 32.1. The number of thiazole rings is 1. The zero-order valence-corrected chi connectivity index (χ0v) is 20.2. The monoisotopic (exact) mass is 504 g/mol. The normalized spacial score (nSPS) is 23.3. The van der Waals surface area contributed by atoms with Crippen LogP contribution in [-0.4, -0.2) is 45.8 Å². The van der Waals surface area contributed by atoms with Crippen molar-refractivity contribution >= 4 is 45.4 Å². The van der Waals surface area contributed by atoms with Gasteiger partial charge < -0.3 is 15.0 Å². The van der Waals surface area contributed by atoms with Crippen molar-refractivity contribution in [1.82, 2.24) is 20.5 Å². The highest BCUT2D eigenvalue weighted by molar-refractivity contribution is 7.16. The van der Waals surface area contributed by atoms with Gasteiger partial charge in [0.2, 0.25) is 11.8 Å². The van der Waals surface area contributed by atoms with Gasteiger partial charge in [-0.05, 0) is 54.0 Å². The highest BCUT2D eigenvalue weighted by Gasteiger charge is 2.39. The number of amides is 4. The summed E-state index contributed by atoms with van der Waals surface area (Å²) in [6.45, 7) is 0.555. The van der Waals surface area contributed by atoms with Gasteiger partial charge in [-0.2, -0.15) is 0 Å². The van der Waals surface area contributed by atoms with Crippen LogP contribution in [0.5, 0.6) is 0 Å². The molecule has 9 nitrogen and oxygen atoms in total. The number of carbonyl (C=O) groups is 4. The minimum Gasteiger partial charge on any atom is -0.446 e. The largest absolute Gasteiger partial charge is 0.446 e. The maximum absolute atomic E-state index is 13.0. The first-order valence-corrected chi connectivity index (χ1v) is 12.9. The van der Waals surface area contributed by atoms with Crippen molar-refractivity contribution in [1.29, 1.82) is 0 Å². The third kappa shape index (κ3) is 4.11. The van der Waals surface area contributed by atoms with Gasteiger partial charge in [-0.25, -0.2) is 9.78 Å². The van der Waals surface area contributed by atoms with Crippen LogP contribution < -0.4 is 10.6 Å². The Morgan fingerprint density at radius 1 is 1.19 bits per heavy atom. The van der Waals surface area contributed by atoms with E-state index in [1.807, 2.05) is 23.7 Å². The summed E-state index contributed by atoms with van der Waals surface area (Å²) in [5.74, 6) is -0.642. The number of nitrogens with one attached hydrogen (secondary N) is 2. The molecular weight excluding hydrogens is 480 g/mol. The average Bonchev–Trinajstić information content (AvgIpc) is 3.45. The first kappa shape index (κ1) is 22.7. The van der Waals surface area contributed by atoms with Crippen molar-refractivity contribution in [3.05, 3.63) is 64.2 Å². The SMILES string of the molecule is O=C1CC[C@H](N2Cc3ccc(CNC(=O)OC4CC(c5cccc6scnc56)C4)cc3C2=O)C(=O)N1. The van der Waals surface area contributed by atoms with E-state index in [-0.39, 0.29) is 30.9 Å². The van der Waals surface area contributed by atoms with Crippen molar-refractivity contribution < 1.29 is 23.9 Å². The van der Waals surface area contributed by atoms with Gasteiger partial charge in [-0.1, -0.05) is 24.3 Å². The quantitative estimate of drug-likeness (QED) is 0.515. The number of rotatable bonds is 5. The van der Waals surface area contributed by atoms with E-state index >= 15 is 0 Å². The number of hydrogen-bond donors (Lipinski definition) is 2. The first-order valence-electron chi connectivity index (χ1n) is 12.0. The number of para-hydroxylation sites is 1. The Morgan fingerprint density at radius 2 is 2.06 bits per heavy atom. The van der Waals surface area contributed by atoms with Gasteiger partial charge >= 0.3 is 6.09 Å². The molecule has 1 saturated carbocycles. The van der Waals surface area contributed by atoms with Gasteiger partial charge in [-0.15, -0.1) is 11.3 Å². The topological polar surface area (TPSA) is 118 Å². The van der Waals surface area contributed by atoms with Gasteiger partial charge in [0.1, 0.15) is 12.1 Å². The van der Waals surface area contributed by atoms with Crippen molar-refractivity contribution in [2.75, 3.05) is 0 Å². The summed E-state index contributed by atoms with van der Waals surface area (Å²) in [5, 5.41) is 5.08. The second-order valence-electron chi connectivity index (χ2n) is 9.49. The van der Waals surface area contributed by atoms with E-state index in [0.717, 1.165) is 29.5 Å². The molecule has 2 aromatic carbocycles. The molecule has 1 saturated heterocycles. The minimum atomic E-state index is -0.645. The second-order valence-corrected chi connectivity index (χ2v) is 10.4. The van der Waals surface area contributed by atoms with Gasteiger partial charge in [-0.3, -0.25) is 19.7 Å². The van der Waals surface area contributed by atoms with Crippen LogP contribution in [-0.2, 0) is 27.4 Å². The number of piperidine rings is 1. The molecule has 2 fully saturated rings. The molecule has 2 aliphatic heterocycles. The first-order chi connectivity index (χ1) is 17.5. The Balaban J connectivity index is 1.01. The summed E-state index contributed by atoms with van der Waals surface area (Å²) in [5.41, 5.74) is 6.22. The van der Waals surface area contributed by atoms with E-state index in [9.17, 15) is 19.2 Å². The summed E-state index contributed by atoms with van der Waals surface area (Å²) >= 11 is 1.62. The summed E-state index contributed by atoms with van der Waals surface area (Å²) in [4.78, 5) is 54.9. The number of imide groups is 1. The Labute approximate surface area is 210 Å². The van der Waals surface area contributed by atoms with E-state index in [1.54, 1.807) is 17.4 Å². The van der Waals surface area contributed by atoms with Crippen molar-refractivity contribution in [2.45, 2.75) is 56.8 Å². The van der Waals surface area contributed by atoms with Crippen molar-refractivity contribution in [3.63, 3.8) is 0 Å². The standard InChI is InChI=1S/C26H24N4O5S/c31-22-7-6-20(24(32)29-22)30-12-15-5-4-14(8-19(15)25(30)33)11-27-26(34)35-17-9-16(10-17)18-2-1-3-21-23(18)28-13-36-21/h1-5,8,13,16-17,20H,6-7,9-12H2,(H,27,34)(H,29,31,32)/t16?,17?,20-/m0/s1. The predicted molar refractivity (Wildman–Crippen MR) is 131 cm³/mol. The minimum absolute atomic E-state index is 0.132. The molecule has 36 heavy (non-hydrogen) atoms. The van der Waals surface area contributed by atoms with Gasteiger partial charge in [0.15, 0.2) is 0 Å². The summed E-state index contributed by atoms with van der Waals surface area (Å²) in [7, 11) is 0. The number of hydrogen-bond acceptors (Lipinski definition) is 7. The number of aromatic nitrogens is 1. The van der Waals surface area contributed by atoms with Crippen LogP contribution in [0, 0.1) is 0 Å². The molecule has 184 valence electrons. The molecule has 10 heteroatoms. The Bertz CT molecular complexity index is 1400. The fourth-order valence-electron chi connectivity index (χ4n) is 5.23. The maximum Gasteiger partial charge on any atom is 0.407 e. The number of nitrogens with zero attached hydrogens (tertiary/aromatic N) is 2. The molecule has 3 aliphatic rings. The van der Waals surface area contributed by atoms with Crippen LogP contribution in [0.4, 0.5) is 4.79 Å². The lowest BCUT2D eigenvalue weighted by Crippen LogP contribution is -2.52. The predicted octanol–water partition coefficient (Wildman–Crippen LogP) is 3.23. The lowest BCUT2D eigenvalue weighted by Gasteiger charge is -2.35. The molecule has 6 rings (SSSR count). The fraction of sp³-hybridized carbons (Fsp3) is 0.346. The molecular formula is C26H24N4O5S. The molecule has 0 bridgehead atoms. The molecule has 1 aromatic heterocycles.